The first-order chi connectivity index (χ1) is 8.58. The first-order valence-corrected chi connectivity index (χ1v) is 5.32. The molecule has 0 aliphatic rings. The molecule has 1 aromatic carbocycles. The van der Waals surface area contributed by atoms with Gasteiger partial charge in [0, 0.05) is 6.20 Å². The van der Waals surface area contributed by atoms with Crippen LogP contribution in [0.25, 0.3) is 0 Å². The minimum Gasteiger partial charge on any atom is -0.319 e. The third kappa shape index (κ3) is 2.62. The van der Waals surface area contributed by atoms with Crippen molar-refractivity contribution in [3.05, 3.63) is 58.9 Å². The van der Waals surface area contributed by atoms with Crippen molar-refractivity contribution in [2.75, 3.05) is 5.32 Å². The number of anilines is 1. The number of halogens is 3. The van der Waals surface area contributed by atoms with Gasteiger partial charge in [-0.15, -0.1) is 0 Å². The van der Waals surface area contributed by atoms with Gasteiger partial charge < -0.3 is 5.32 Å². The van der Waals surface area contributed by atoms with Crippen LogP contribution in [0, 0.1) is 11.6 Å². The summed E-state index contributed by atoms with van der Waals surface area (Å²) in [6.45, 7) is 0. The zero-order chi connectivity index (χ0) is 13.1. The number of benzene rings is 1. The molecule has 6 heteroatoms. The van der Waals surface area contributed by atoms with E-state index in [2.05, 4.69) is 10.3 Å². The lowest BCUT2D eigenvalue weighted by molar-refractivity contribution is 0.102. The summed E-state index contributed by atoms with van der Waals surface area (Å²) in [7, 11) is 0. The maximum Gasteiger partial charge on any atom is 0.257 e. The highest BCUT2D eigenvalue weighted by Gasteiger charge is 2.12. The predicted molar refractivity (Wildman–Crippen MR) is 63.6 cm³/mol. The molecule has 1 amide bonds. The van der Waals surface area contributed by atoms with Gasteiger partial charge in [0.15, 0.2) is 11.6 Å². The molecular formula is C12H7ClF2N2O. The van der Waals surface area contributed by atoms with Gasteiger partial charge in [-0.05, 0) is 24.3 Å². The first kappa shape index (κ1) is 12.4. The van der Waals surface area contributed by atoms with Crippen molar-refractivity contribution in [3.63, 3.8) is 0 Å². The van der Waals surface area contributed by atoms with Crippen LogP contribution in [0.15, 0.2) is 36.5 Å². The fourth-order valence-corrected chi connectivity index (χ4v) is 1.42. The number of amides is 1. The van der Waals surface area contributed by atoms with Crippen LogP contribution >= 0.6 is 11.6 Å². The number of aromatic nitrogens is 1. The SMILES string of the molecule is O=C(Nc1cccc(F)c1F)c1ccc(Cl)nc1. The second kappa shape index (κ2) is 5.10. The molecule has 0 radical (unpaired) electrons. The Hall–Kier alpha value is -2.01. The van der Waals surface area contributed by atoms with Crippen LogP contribution in [0.3, 0.4) is 0 Å². The summed E-state index contributed by atoms with van der Waals surface area (Å²) < 4.78 is 26.2. The average Bonchev–Trinajstić information content (AvgIpc) is 2.36. The number of rotatable bonds is 2. The predicted octanol–water partition coefficient (Wildman–Crippen LogP) is 3.27. The molecule has 0 aliphatic heterocycles. The molecule has 2 rings (SSSR count). The molecule has 0 fully saturated rings. The van der Waals surface area contributed by atoms with Gasteiger partial charge in [-0.1, -0.05) is 17.7 Å². The van der Waals surface area contributed by atoms with Gasteiger partial charge >= 0.3 is 0 Å². The van der Waals surface area contributed by atoms with Crippen molar-refractivity contribution in [3.8, 4) is 0 Å². The second-order valence-electron chi connectivity index (χ2n) is 3.43. The number of hydrogen-bond donors (Lipinski definition) is 1. The Morgan fingerprint density at radius 1 is 1.22 bits per heavy atom. The van der Waals surface area contributed by atoms with E-state index in [0.717, 1.165) is 6.07 Å². The van der Waals surface area contributed by atoms with Gasteiger partial charge in [0.05, 0.1) is 11.3 Å². The maximum absolute atomic E-state index is 13.3. The largest absolute Gasteiger partial charge is 0.319 e. The standard InChI is InChI=1S/C12H7ClF2N2O/c13-10-5-4-7(6-16-10)12(18)17-9-3-1-2-8(14)11(9)15/h1-6H,(H,17,18). The molecule has 2 aromatic rings. The van der Waals surface area contributed by atoms with Crippen molar-refractivity contribution in [1.82, 2.24) is 4.98 Å². The Labute approximate surface area is 106 Å². The molecule has 1 N–H and O–H groups in total. The maximum atomic E-state index is 13.3. The molecule has 18 heavy (non-hydrogen) atoms. The summed E-state index contributed by atoms with van der Waals surface area (Å²) in [5, 5.41) is 2.49. The van der Waals surface area contributed by atoms with E-state index in [0.29, 0.717) is 0 Å². The van der Waals surface area contributed by atoms with Gasteiger partial charge in [0.1, 0.15) is 5.15 Å². The Morgan fingerprint density at radius 3 is 2.67 bits per heavy atom. The number of nitrogens with zero attached hydrogens (tertiary/aromatic N) is 1. The number of carbonyl (C=O) groups is 1. The minimum atomic E-state index is -1.10. The topological polar surface area (TPSA) is 42.0 Å². The lowest BCUT2D eigenvalue weighted by Crippen LogP contribution is -2.13. The third-order valence-electron chi connectivity index (χ3n) is 2.19. The van der Waals surface area contributed by atoms with Crippen LogP contribution in [0.5, 0.6) is 0 Å². The molecule has 0 bridgehead atoms. The van der Waals surface area contributed by atoms with Crippen LogP contribution in [-0.2, 0) is 0 Å². The molecule has 3 nitrogen and oxygen atoms in total. The third-order valence-corrected chi connectivity index (χ3v) is 2.41. The van der Waals surface area contributed by atoms with Crippen LogP contribution in [0.4, 0.5) is 14.5 Å². The van der Waals surface area contributed by atoms with Crippen LogP contribution < -0.4 is 5.32 Å². The Kier molecular flexibility index (Phi) is 3.53. The van der Waals surface area contributed by atoms with Gasteiger partial charge in [-0.3, -0.25) is 4.79 Å². The first-order valence-electron chi connectivity index (χ1n) is 4.95. The fourth-order valence-electron chi connectivity index (χ4n) is 1.30. The highest BCUT2D eigenvalue weighted by molar-refractivity contribution is 6.29. The number of hydrogen-bond acceptors (Lipinski definition) is 2. The van der Waals surface area contributed by atoms with Crippen molar-refractivity contribution in [2.24, 2.45) is 0 Å². The molecule has 1 aromatic heterocycles. The summed E-state index contributed by atoms with van der Waals surface area (Å²) in [6.07, 6.45) is 1.24. The highest BCUT2D eigenvalue weighted by Crippen LogP contribution is 2.17. The van der Waals surface area contributed by atoms with E-state index < -0.39 is 17.5 Å². The summed E-state index contributed by atoms with van der Waals surface area (Å²) >= 11 is 5.57. The summed E-state index contributed by atoms with van der Waals surface area (Å²) in [5.74, 6) is -2.72. The van der Waals surface area contributed by atoms with Crippen LogP contribution in [-0.4, -0.2) is 10.9 Å². The summed E-state index contributed by atoms with van der Waals surface area (Å²) in [4.78, 5) is 15.4. The summed E-state index contributed by atoms with van der Waals surface area (Å²) in [6, 6.07) is 6.39. The van der Waals surface area contributed by atoms with Gasteiger partial charge in [-0.25, -0.2) is 13.8 Å². The zero-order valence-electron chi connectivity index (χ0n) is 8.95. The lowest BCUT2D eigenvalue weighted by Gasteiger charge is -2.06. The smallest absolute Gasteiger partial charge is 0.257 e. The van der Waals surface area contributed by atoms with E-state index in [1.807, 2.05) is 0 Å². The van der Waals surface area contributed by atoms with Crippen molar-refractivity contribution in [2.45, 2.75) is 0 Å². The van der Waals surface area contributed by atoms with Crippen molar-refractivity contribution < 1.29 is 13.6 Å². The van der Waals surface area contributed by atoms with Gasteiger partial charge in [0.2, 0.25) is 0 Å². The molecular weight excluding hydrogens is 262 g/mol. The molecule has 0 saturated carbocycles. The minimum absolute atomic E-state index is 0.197. The van der Waals surface area contributed by atoms with E-state index >= 15 is 0 Å². The van der Waals surface area contributed by atoms with E-state index in [4.69, 9.17) is 11.6 Å². The van der Waals surface area contributed by atoms with E-state index in [-0.39, 0.29) is 16.4 Å². The fraction of sp³-hybridized carbons (Fsp3) is 0. The van der Waals surface area contributed by atoms with Crippen molar-refractivity contribution >= 4 is 23.2 Å². The zero-order valence-corrected chi connectivity index (χ0v) is 9.71. The number of nitrogens with one attached hydrogen (secondary N) is 1. The Bertz CT molecular complexity index is 587. The molecule has 0 spiro atoms. The monoisotopic (exact) mass is 268 g/mol. The molecule has 92 valence electrons. The molecule has 0 atom stereocenters. The Balaban J connectivity index is 2.21. The van der Waals surface area contributed by atoms with Gasteiger partial charge in [0.25, 0.3) is 5.91 Å². The summed E-state index contributed by atoms with van der Waals surface area (Å²) in [5.41, 5.74) is -0.0296. The van der Waals surface area contributed by atoms with Crippen molar-refractivity contribution in [1.29, 1.82) is 0 Å². The number of pyridine rings is 1. The second-order valence-corrected chi connectivity index (χ2v) is 3.81. The molecule has 0 saturated heterocycles. The molecule has 1 heterocycles. The highest BCUT2D eigenvalue weighted by atomic mass is 35.5. The normalized spacial score (nSPS) is 10.2. The molecule has 0 unspecified atom stereocenters. The lowest BCUT2D eigenvalue weighted by atomic mass is 10.2. The Morgan fingerprint density at radius 2 is 2.00 bits per heavy atom. The van der Waals surface area contributed by atoms with E-state index in [1.54, 1.807) is 0 Å². The van der Waals surface area contributed by atoms with Crippen LogP contribution in [0.1, 0.15) is 10.4 Å². The quantitative estimate of drug-likeness (QED) is 0.850. The number of carbonyl (C=O) groups excluding carboxylic acids is 1. The molecule has 0 aliphatic carbocycles. The van der Waals surface area contributed by atoms with E-state index in [1.165, 1.54) is 30.5 Å². The van der Waals surface area contributed by atoms with Gasteiger partial charge in [-0.2, -0.15) is 0 Å². The van der Waals surface area contributed by atoms with E-state index in [9.17, 15) is 13.6 Å². The average molecular weight is 269 g/mol. The van der Waals surface area contributed by atoms with Crippen LogP contribution in [0.2, 0.25) is 5.15 Å².